The Bertz CT molecular complexity index is 935. The van der Waals surface area contributed by atoms with Crippen molar-refractivity contribution in [2.45, 2.75) is 37.5 Å². The van der Waals surface area contributed by atoms with Gasteiger partial charge < -0.3 is 0 Å². The van der Waals surface area contributed by atoms with E-state index in [0.717, 1.165) is 25.9 Å². The van der Waals surface area contributed by atoms with E-state index in [1.54, 1.807) is 22.3 Å². The lowest BCUT2D eigenvalue weighted by atomic mass is 9.79. The van der Waals surface area contributed by atoms with Gasteiger partial charge in [0.2, 0.25) is 0 Å². The lowest BCUT2D eigenvalue weighted by Crippen LogP contribution is -2.54. The average molecular weight is 367 g/mol. The molecule has 0 spiro atoms. The molecular formula is C26H26N2. The van der Waals surface area contributed by atoms with E-state index in [4.69, 9.17) is 0 Å². The highest BCUT2D eigenvalue weighted by atomic mass is 15.4. The Balaban J connectivity index is 1.51. The summed E-state index contributed by atoms with van der Waals surface area (Å²) in [4.78, 5) is 5.56. The highest BCUT2D eigenvalue weighted by molar-refractivity contribution is 5.38. The minimum absolute atomic E-state index is 0.367. The maximum Gasteiger partial charge on any atom is 0.0896 e. The normalized spacial score (nSPS) is 26.6. The third-order valence-electron chi connectivity index (χ3n) is 7.08. The molecule has 0 radical (unpaired) electrons. The van der Waals surface area contributed by atoms with Gasteiger partial charge in [-0.1, -0.05) is 78.9 Å². The van der Waals surface area contributed by atoms with Crippen LogP contribution in [-0.2, 0) is 12.8 Å². The van der Waals surface area contributed by atoms with Gasteiger partial charge in [-0.2, -0.15) is 0 Å². The minimum Gasteiger partial charge on any atom is -0.277 e. The van der Waals surface area contributed by atoms with Crippen LogP contribution in [0.15, 0.2) is 78.9 Å². The summed E-state index contributed by atoms with van der Waals surface area (Å²) in [6.45, 7) is 2.29. The van der Waals surface area contributed by atoms with Crippen molar-refractivity contribution in [2.24, 2.45) is 0 Å². The molecule has 2 nitrogen and oxygen atoms in total. The number of rotatable bonds is 1. The maximum atomic E-state index is 2.78. The molecule has 2 heteroatoms. The van der Waals surface area contributed by atoms with Crippen LogP contribution in [0.5, 0.6) is 0 Å². The van der Waals surface area contributed by atoms with Crippen molar-refractivity contribution in [3.8, 4) is 0 Å². The molecule has 0 amide bonds. The molecular weight excluding hydrogens is 340 g/mol. The average Bonchev–Trinajstić information content (AvgIpc) is 2.78. The Hall–Kier alpha value is -2.42. The van der Waals surface area contributed by atoms with Gasteiger partial charge in [0.25, 0.3) is 0 Å². The van der Waals surface area contributed by atoms with Gasteiger partial charge in [-0.05, 0) is 47.1 Å². The first-order valence-electron chi connectivity index (χ1n) is 10.6. The quantitative estimate of drug-likeness (QED) is 0.577. The molecule has 0 saturated carbocycles. The third kappa shape index (κ3) is 2.48. The van der Waals surface area contributed by atoms with E-state index in [9.17, 15) is 0 Å². The molecule has 1 fully saturated rings. The van der Waals surface area contributed by atoms with Gasteiger partial charge in [0.15, 0.2) is 0 Å². The summed E-state index contributed by atoms with van der Waals surface area (Å²) in [5.41, 5.74) is 7.65. The fourth-order valence-electron chi connectivity index (χ4n) is 5.86. The van der Waals surface area contributed by atoms with Crippen LogP contribution in [-0.4, -0.2) is 22.9 Å². The first kappa shape index (κ1) is 16.5. The smallest absolute Gasteiger partial charge is 0.0896 e. The standard InChI is InChI=1S/C26H26N2/c1-2-10-21(11-3-1)26-27-16-14-19-8-4-6-12-22(19)24(27)18-25-23-13-7-5-9-20(23)15-17-28(25)26/h1-13,24-26H,14-18H2/t24-,25-/m0/s1. The largest absolute Gasteiger partial charge is 0.277 e. The van der Waals surface area contributed by atoms with Crippen LogP contribution >= 0.6 is 0 Å². The number of nitrogens with zero attached hydrogens (tertiary/aromatic N) is 2. The maximum absolute atomic E-state index is 2.78. The van der Waals surface area contributed by atoms with Crippen molar-refractivity contribution in [1.29, 1.82) is 0 Å². The Morgan fingerprint density at radius 2 is 1.07 bits per heavy atom. The van der Waals surface area contributed by atoms with Gasteiger partial charge in [0, 0.05) is 25.2 Å². The molecule has 6 rings (SSSR count). The zero-order valence-corrected chi connectivity index (χ0v) is 16.2. The predicted molar refractivity (Wildman–Crippen MR) is 113 cm³/mol. The summed E-state index contributed by atoms with van der Waals surface area (Å²) in [5, 5.41) is 0. The Labute approximate surface area is 167 Å². The van der Waals surface area contributed by atoms with Crippen molar-refractivity contribution < 1.29 is 0 Å². The summed E-state index contributed by atoms with van der Waals surface area (Å²) in [7, 11) is 0. The summed E-state index contributed by atoms with van der Waals surface area (Å²) >= 11 is 0. The fourth-order valence-corrected chi connectivity index (χ4v) is 5.86. The summed E-state index contributed by atoms with van der Waals surface area (Å²) in [5.74, 6) is 0. The Morgan fingerprint density at radius 1 is 0.571 bits per heavy atom. The molecule has 1 saturated heterocycles. The molecule has 3 aliphatic heterocycles. The van der Waals surface area contributed by atoms with Crippen molar-refractivity contribution in [3.63, 3.8) is 0 Å². The Kier molecular flexibility index (Phi) is 3.88. The second-order valence-electron chi connectivity index (χ2n) is 8.42. The second-order valence-corrected chi connectivity index (χ2v) is 8.42. The zero-order chi connectivity index (χ0) is 18.5. The van der Waals surface area contributed by atoms with E-state index in [1.807, 2.05) is 0 Å². The van der Waals surface area contributed by atoms with E-state index in [0.29, 0.717) is 18.2 Å². The molecule has 3 heterocycles. The van der Waals surface area contributed by atoms with Crippen LogP contribution in [0, 0.1) is 0 Å². The van der Waals surface area contributed by atoms with Crippen LogP contribution in [0.25, 0.3) is 0 Å². The topological polar surface area (TPSA) is 6.48 Å². The van der Waals surface area contributed by atoms with Crippen molar-refractivity contribution >= 4 is 0 Å². The molecule has 0 aromatic heterocycles. The van der Waals surface area contributed by atoms with Gasteiger partial charge in [0.1, 0.15) is 0 Å². The van der Waals surface area contributed by atoms with E-state index in [-0.39, 0.29) is 0 Å². The van der Waals surface area contributed by atoms with Crippen LogP contribution in [0.2, 0.25) is 0 Å². The van der Waals surface area contributed by atoms with Crippen LogP contribution in [0.1, 0.15) is 52.5 Å². The van der Waals surface area contributed by atoms with Crippen molar-refractivity contribution in [1.82, 2.24) is 9.80 Å². The molecule has 28 heavy (non-hydrogen) atoms. The molecule has 0 bridgehead atoms. The van der Waals surface area contributed by atoms with Crippen LogP contribution in [0.4, 0.5) is 0 Å². The number of hydrogen-bond donors (Lipinski definition) is 0. The molecule has 140 valence electrons. The molecule has 0 N–H and O–H groups in total. The monoisotopic (exact) mass is 366 g/mol. The van der Waals surface area contributed by atoms with Gasteiger partial charge >= 0.3 is 0 Å². The third-order valence-corrected chi connectivity index (χ3v) is 7.08. The molecule has 2 atom stereocenters. The van der Waals surface area contributed by atoms with Gasteiger partial charge in [-0.3, -0.25) is 9.80 Å². The highest BCUT2D eigenvalue weighted by Crippen LogP contribution is 2.51. The summed E-state index contributed by atoms with van der Waals surface area (Å²) in [6, 6.07) is 30.5. The minimum atomic E-state index is 0.367. The first-order valence-corrected chi connectivity index (χ1v) is 10.6. The van der Waals surface area contributed by atoms with E-state index in [2.05, 4.69) is 88.7 Å². The van der Waals surface area contributed by atoms with E-state index >= 15 is 0 Å². The second kappa shape index (κ2) is 6.58. The van der Waals surface area contributed by atoms with Gasteiger partial charge in [-0.15, -0.1) is 0 Å². The van der Waals surface area contributed by atoms with Crippen LogP contribution < -0.4 is 0 Å². The SMILES string of the molecule is c1ccc(C2N3CCc4ccccc4[C@@H]3C[C@H]3c4ccccc4CCN23)cc1. The first-order chi connectivity index (χ1) is 13.9. The molecule has 3 aromatic carbocycles. The van der Waals surface area contributed by atoms with Gasteiger partial charge in [-0.25, -0.2) is 0 Å². The number of fused-ring (bicyclic) bond motifs is 6. The fraction of sp³-hybridized carbons (Fsp3) is 0.308. The molecule has 0 unspecified atom stereocenters. The molecule has 0 aliphatic carbocycles. The van der Waals surface area contributed by atoms with E-state index < -0.39 is 0 Å². The van der Waals surface area contributed by atoms with Crippen molar-refractivity contribution in [3.05, 3.63) is 107 Å². The highest BCUT2D eigenvalue weighted by Gasteiger charge is 2.46. The molecule has 3 aromatic rings. The number of hydrogen-bond acceptors (Lipinski definition) is 2. The summed E-state index contributed by atoms with van der Waals surface area (Å²) in [6.07, 6.45) is 3.87. The number of benzene rings is 3. The Morgan fingerprint density at radius 3 is 1.64 bits per heavy atom. The lowest BCUT2D eigenvalue weighted by molar-refractivity contribution is -0.0815. The summed E-state index contributed by atoms with van der Waals surface area (Å²) < 4.78 is 0. The predicted octanol–water partition coefficient (Wildman–Crippen LogP) is 5.29. The zero-order valence-electron chi connectivity index (χ0n) is 16.2. The lowest BCUT2D eigenvalue weighted by Gasteiger charge is -2.56. The van der Waals surface area contributed by atoms with Crippen LogP contribution in [0.3, 0.4) is 0 Å². The molecule has 3 aliphatic rings. The van der Waals surface area contributed by atoms with Gasteiger partial charge in [0.05, 0.1) is 6.17 Å². The van der Waals surface area contributed by atoms with Crippen molar-refractivity contribution in [2.75, 3.05) is 13.1 Å². The van der Waals surface area contributed by atoms with E-state index in [1.165, 1.54) is 12.0 Å².